The predicted molar refractivity (Wildman–Crippen MR) is 62.7 cm³/mol. The SMILES string of the molecule is O=S(=O)(N1CCOCC1)N1CCC(CCO)C1. The van der Waals surface area contributed by atoms with E-state index in [0.29, 0.717) is 51.7 Å². The van der Waals surface area contributed by atoms with E-state index in [4.69, 9.17) is 9.84 Å². The molecule has 1 unspecified atom stereocenters. The van der Waals surface area contributed by atoms with Gasteiger partial charge in [-0.1, -0.05) is 0 Å². The zero-order chi connectivity index (χ0) is 12.3. The topological polar surface area (TPSA) is 70.1 Å². The largest absolute Gasteiger partial charge is 0.396 e. The van der Waals surface area contributed by atoms with Crippen molar-refractivity contribution >= 4 is 10.2 Å². The van der Waals surface area contributed by atoms with Gasteiger partial charge in [-0.05, 0) is 18.8 Å². The third-order valence-electron chi connectivity index (χ3n) is 3.41. The minimum absolute atomic E-state index is 0.135. The lowest BCUT2D eigenvalue weighted by molar-refractivity contribution is 0.0705. The third-order valence-corrected chi connectivity index (χ3v) is 5.41. The van der Waals surface area contributed by atoms with Crippen molar-refractivity contribution in [3.8, 4) is 0 Å². The van der Waals surface area contributed by atoms with E-state index in [0.717, 1.165) is 6.42 Å². The Morgan fingerprint density at radius 1 is 1.18 bits per heavy atom. The lowest BCUT2D eigenvalue weighted by Gasteiger charge is -2.30. The van der Waals surface area contributed by atoms with Crippen LogP contribution in [0.25, 0.3) is 0 Å². The van der Waals surface area contributed by atoms with Crippen LogP contribution >= 0.6 is 0 Å². The van der Waals surface area contributed by atoms with Gasteiger partial charge in [0, 0.05) is 32.8 Å². The number of nitrogens with zero attached hydrogens (tertiary/aromatic N) is 2. The zero-order valence-electron chi connectivity index (χ0n) is 9.92. The molecule has 0 radical (unpaired) electrons. The van der Waals surface area contributed by atoms with Crippen LogP contribution < -0.4 is 0 Å². The van der Waals surface area contributed by atoms with Crippen LogP contribution in [-0.2, 0) is 14.9 Å². The molecule has 0 aromatic carbocycles. The molecule has 0 aromatic heterocycles. The molecular formula is C10H20N2O4S. The smallest absolute Gasteiger partial charge is 0.282 e. The first kappa shape index (κ1) is 13.2. The Kier molecular flexibility index (Phi) is 4.37. The van der Waals surface area contributed by atoms with Crippen LogP contribution in [0.2, 0.25) is 0 Å². The normalized spacial score (nSPS) is 28.6. The van der Waals surface area contributed by atoms with Gasteiger partial charge in [0.1, 0.15) is 0 Å². The molecule has 0 spiro atoms. The van der Waals surface area contributed by atoms with Crippen molar-refractivity contribution in [2.75, 3.05) is 46.0 Å². The molecule has 1 N–H and O–H groups in total. The molecule has 6 nitrogen and oxygen atoms in total. The summed E-state index contributed by atoms with van der Waals surface area (Å²) in [7, 11) is -3.31. The maximum absolute atomic E-state index is 12.3. The molecule has 0 bridgehead atoms. The second-order valence-corrected chi connectivity index (χ2v) is 6.47. The Morgan fingerprint density at radius 3 is 2.53 bits per heavy atom. The molecule has 2 saturated heterocycles. The highest BCUT2D eigenvalue weighted by molar-refractivity contribution is 7.86. The number of hydrogen-bond acceptors (Lipinski definition) is 4. The van der Waals surface area contributed by atoms with E-state index in [1.54, 1.807) is 4.31 Å². The van der Waals surface area contributed by atoms with Crippen molar-refractivity contribution in [2.45, 2.75) is 12.8 Å². The average Bonchev–Trinajstić information content (AvgIpc) is 2.80. The lowest BCUT2D eigenvalue weighted by Crippen LogP contribution is -2.47. The van der Waals surface area contributed by atoms with Crippen LogP contribution in [0.3, 0.4) is 0 Å². The van der Waals surface area contributed by atoms with Crippen molar-refractivity contribution in [1.82, 2.24) is 8.61 Å². The van der Waals surface area contributed by atoms with E-state index in [2.05, 4.69) is 0 Å². The summed E-state index contributed by atoms with van der Waals surface area (Å²) >= 11 is 0. The molecule has 2 heterocycles. The molecule has 1 atom stereocenters. The molecular weight excluding hydrogens is 244 g/mol. The second-order valence-electron chi connectivity index (χ2n) is 4.54. The van der Waals surface area contributed by atoms with Crippen LogP contribution in [0.1, 0.15) is 12.8 Å². The highest BCUT2D eigenvalue weighted by Gasteiger charge is 2.35. The molecule has 2 fully saturated rings. The molecule has 7 heteroatoms. The van der Waals surface area contributed by atoms with Gasteiger partial charge in [-0.2, -0.15) is 17.0 Å². The van der Waals surface area contributed by atoms with Crippen molar-refractivity contribution in [3.05, 3.63) is 0 Å². The summed E-state index contributed by atoms with van der Waals surface area (Å²) in [5.41, 5.74) is 0. The highest BCUT2D eigenvalue weighted by atomic mass is 32.2. The molecule has 100 valence electrons. The van der Waals surface area contributed by atoms with E-state index in [1.165, 1.54) is 4.31 Å². The number of morpholine rings is 1. The van der Waals surface area contributed by atoms with Gasteiger partial charge in [0.05, 0.1) is 13.2 Å². The van der Waals surface area contributed by atoms with Gasteiger partial charge in [-0.25, -0.2) is 0 Å². The van der Waals surface area contributed by atoms with Crippen molar-refractivity contribution in [3.63, 3.8) is 0 Å². The van der Waals surface area contributed by atoms with Gasteiger partial charge < -0.3 is 9.84 Å². The number of hydrogen-bond donors (Lipinski definition) is 1. The Labute approximate surface area is 102 Å². The summed E-state index contributed by atoms with van der Waals surface area (Å²) in [5.74, 6) is 0.302. The predicted octanol–water partition coefficient (Wildman–Crippen LogP) is -0.732. The van der Waals surface area contributed by atoms with Crippen LogP contribution in [0.15, 0.2) is 0 Å². The van der Waals surface area contributed by atoms with E-state index in [9.17, 15) is 8.42 Å². The molecule has 0 aliphatic carbocycles. The molecule has 2 aliphatic rings. The fourth-order valence-electron chi connectivity index (χ4n) is 2.37. The third kappa shape index (κ3) is 2.97. The fourth-order valence-corrected chi connectivity index (χ4v) is 4.04. The number of aliphatic hydroxyl groups excluding tert-OH is 1. The van der Waals surface area contributed by atoms with E-state index in [-0.39, 0.29) is 6.61 Å². The molecule has 0 amide bonds. The summed E-state index contributed by atoms with van der Waals surface area (Å²) in [5, 5.41) is 8.87. The van der Waals surface area contributed by atoms with Crippen molar-refractivity contribution in [2.24, 2.45) is 5.92 Å². The monoisotopic (exact) mass is 264 g/mol. The summed E-state index contributed by atoms with van der Waals surface area (Å²) in [6.07, 6.45) is 1.54. The highest BCUT2D eigenvalue weighted by Crippen LogP contribution is 2.23. The summed E-state index contributed by atoms with van der Waals surface area (Å²) in [6, 6.07) is 0. The number of rotatable bonds is 4. The Bertz CT molecular complexity index is 340. The molecule has 2 aliphatic heterocycles. The van der Waals surface area contributed by atoms with Gasteiger partial charge in [-0.15, -0.1) is 0 Å². The quantitative estimate of drug-likeness (QED) is 0.726. The van der Waals surface area contributed by atoms with Crippen LogP contribution in [0.5, 0.6) is 0 Å². The average molecular weight is 264 g/mol. The lowest BCUT2D eigenvalue weighted by atomic mass is 10.1. The Hall–Kier alpha value is -0.210. The van der Waals surface area contributed by atoms with E-state index in [1.807, 2.05) is 0 Å². The Balaban J connectivity index is 1.96. The van der Waals surface area contributed by atoms with E-state index < -0.39 is 10.2 Å². The maximum atomic E-state index is 12.3. The first-order valence-electron chi connectivity index (χ1n) is 6.08. The van der Waals surface area contributed by atoms with Crippen LogP contribution in [0, 0.1) is 5.92 Å². The fraction of sp³-hybridized carbons (Fsp3) is 1.00. The van der Waals surface area contributed by atoms with Crippen LogP contribution in [0.4, 0.5) is 0 Å². The molecule has 0 saturated carbocycles. The molecule has 2 rings (SSSR count). The number of ether oxygens (including phenoxy) is 1. The van der Waals surface area contributed by atoms with Gasteiger partial charge in [0.25, 0.3) is 10.2 Å². The summed E-state index contributed by atoms with van der Waals surface area (Å²) < 4.78 is 32.7. The van der Waals surface area contributed by atoms with E-state index >= 15 is 0 Å². The van der Waals surface area contributed by atoms with Gasteiger partial charge in [0.2, 0.25) is 0 Å². The van der Waals surface area contributed by atoms with Crippen molar-refractivity contribution in [1.29, 1.82) is 0 Å². The first-order valence-corrected chi connectivity index (χ1v) is 7.48. The molecule has 17 heavy (non-hydrogen) atoms. The standard InChI is InChI=1S/C10H20N2O4S/c13-6-2-10-1-3-12(9-10)17(14,15)11-4-7-16-8-5-11/h10,13H,1-9H2. The zero-order valence-corrected chi connectivity index (χ0v) is 10.7. The first-order chi connectivity index (χ1) is 8.14. The summed E-state index contributed by atoms with van der Waals surface area (Å²) in [4.78, 5) is 0. The van der Waals surface area contributed by atoms with Gasteiger partial charge >= 0.3 is 0 Å². The minimum Gasteiger partial charge on any atom is -0.396 e. The molecule has 0 aromatic rings. The Morgan fingerprint density at radius 2 is 1.88 bits per heavy atom. The number of aliphatic hydroxyl groups is 1. The van der Waals surface area contributed by atoms with Gasteiger partial charge in [0.15, 0.2) is 0 Å². The van der Waals surface area contributed by atoms with Crippen molar-refractivity contribution < 1.29 is 18.3 Å². The van der Waals surface area contributed by atoms with Gasteiger partial charge in [-0.3, -0.25) is 0 Å². The maximum Gasteiger partial charge on any atom is 0.282 e. The minimum atomic E-state index is -3.31. The summed E-state index contributed by atoms with van der Waals surface area (Å²) in [6.45, 7) is 3.11. The van der Waals surface area contributed by atoms with Crippen LogP contribution in [-0.4, -0.2) is 68.1 Å². The second kappa shape index (κ2) is 5.62.